The molecular weight excluding hydrogens is 401 g/mol. The van der Waals surface area contributed by atoms with Crippen molar-refractivity contribution >= 4 is 22.5 Å². The van der Waals surface area contributed by atoms with Crippen molar-refractivity contribution in [2.45, 2.75) is 20.0 Å². The molecule has 6 heteroatoms. The summed E-state index contributed by atoms with van der Waals surface area (Å²) in [4.78, 5) is 17.8. The van der Waals surface area contributed by atoms with E-state index < -0.39 is 17.6 Å². The van der Waals surface area contributed by atoms with Crippen LogP contribution in [0.4, 0.5) is 18.9 Å². The van der Waals surface area contributed by atoms with Gasteiger partial charge in [0.15, 0.2) is 0 Å². The van der Waals surface area contributed by atoms with Crippen molar-refractivity contribution in [2.24, 2.45) is 0 Å². The van der Waals surface area contributed by atoms with E-state index in [-0.39, 0.29) is 11.3 Å². The fraction of sp³-hybridized carbons (Fsp3) is 0.120. The number of carbonyl (C=O) groups excluding carboxylic acids is 1. The number of pyridine rings is 1. The summed E-state index contributed by atoms with van der Waals surface area (Å²) in [6, 6.07) is 19.5. The van der Waals surface area contributed by atoms with E-state index in [4.69, 9.17) is 0 Å². The van der Waals surface area contributed by atoms with Gasteiger partial charge in [0.2, 0.25) is 0 Å². The number of hydrogen-bond donors (Lipinski definition) is 1. The topological polar surface area (TPSA) is 42.0 Å². The summed E-state index contributed by atoms with van der Waals surface area (Å²) in [7, 11) is 0. The SMILES string of the molecule is Cc1ccc(-c2cc(C(=O)Nc3ccccc3C(F)(F)F)c3ccccc3n2)cc1C. The number of nitrogens with zero attached hydrogens (tertiary/aromatic N) is 1. The molecule has 1 amide bonds. The summed E-state index contributed by atoms with van der Waals surface area (Å²) in [5.41, 5.74) is 3.30. The van der Waals surface area contributed by atoms with E-state index in [1.807, 2.05) is 32.0 Å². The first kappa shape index (κ1) is 20.6. The third-order valence-electron chi connectivity index (χ3n) is 5.24. The molecule has 156 valence electrons. The lowest BCUT2D eigenvalue weighted by Crippen LogP contribution is -2.17. The van der Waals surface area contributed by atoms with Crippen molar-refractivity contribution in [1.82, 2.24) is 4.98 Å². The molecule has 3 aromatic carbocycles. The van der Waals surface area contributed by atoms with Gasteiger partial charge in [0.1, 0.15) is 0 Å². The number of aromatic nitrogens is 1. The second-order valence-electron chi connectivity index (χ2n) is 7.37. The highest BCUT2D eigenvalue weighted by atomic mass is 19.4. The van der Waals surface area contributed by atoms with Gasteiger partial charge in [0.25, 0.3) is 5.91 Å². The molecule has 0 saturated heterocycles. The number of amides is 1. The van der Waals surface area contributed by atoms with E-state index in [9.17, 15) is 18.0 Å². The Kier molecular flexibility index (Phi) is 5.23. The van der Waals surface area contributed by atoms with Gasteiger partial charge in [-0.1, -0.05) is 42.5 Å². The van der Waals surface area contributed by atoms with E-state index in [1.165, 1.54) is 18.2 Å². The van der Waals surface area contributed by atoms with Gasteiger partial charge in [-0.15, -0.1) is 0 Å². The van der Waals surface area contributed by atoms with E-state index in [1.54, 1.807) is 30.3 Å². The predicted molar refractivity (Wildman–Crippen MR) is 116 cm³/mol. The Bertz CT molecular complexity index is 1300. The molecule has 0 aliphatic carbocycles. The summed E-state index contributed by atoms with van der Waals surface area (Å²) < 4.78 is 40.0. The van der Waals surface area contributed by atoms with Gasteiger partial charge in [-0.05, 0) is 55.3 Å². The van der Waals surface area contributed by atoms with Crippen molar-refractivity contribution < 1.29 is 18.0 Å². The average Bonchev–Trinajstić information content (AvgIpc) is 2.74. The summed E-state index contributed by atoms with van der Waals surface area (Å²) in [6.45, 7) is 3.99. The van der Waals surface area contributed by atoms with Crippen LogP contribution >= 0.6 is 0 Å². The Hall–Kier alpha value is -3.67. The van der Waals surface area contributed by atoms with E-state index in [0.29, 0.717) is 16.6 Å². The third kappa shape index (κ3) is 4.14. The van der Waals surface area contributed by atoms with Crippen LogP contribution in [-0.2, 0) is 6.18 Å². The van der Waals surface area contributed by atoms with Crippen molar-refractivity contribution in [3.05, 3.63) is 95.1 Å². The molecule has 3 nitrogen and oxygen atoms in total. The standard InChI is InChI=1S/C25H19F3N2O/c1-15-11-12-17(13-16(15)2)23-14-19(18-7-3-5-9-21(18)29-23)24(31)30-22-10-6-4-8-20(22)25(26,27)28/h3-14H,1-2H3,(H,30,31). The highest BCUT2D eigenvalue weighted by Gasteiger charge is 2.33. The van der Waals surface area contributed by atoms with Crippen molar-refractivity contribution in [3.8, 4) is 11.3 Å². The quantitative estimate of drug-likeness (QED) is 0.396. The van der Waals surface area contributed by atoms with Gasteiger partial charge in [-0.3, -0.25) is 4.79 Å². The summed E-state index contributed by atoms with van der Waals surface area (Å²) in [5, 5.41) is 3.00. The first-order valence-corrected chi connectivity index (χ1v) is 9.69. The number of halogens is 3. The normalized spacial score (nSPS) is 11.5. The van der Waals surface area contributed by atoms with Crippen LogP contribution < -0.4 is 5.32 Å². The van der Waals surface area contributed by atoms with Gasteiger partial charge in [-0.2, -0.15) is 13.2 Å². The molecule has 1 heterocycles. The van der Waals surface area contributed by atoms with E-state index >= 15 is 0 Å². The number of carbonyl (C=O) groups is 1. The first-order valence-electron chi connectivity index (χ1n) is 9.69. The van der Waals surface area contributed by atoms with E-state index in [0.717, 1.165) is 22.8 Å². The van der Waals surface area contributed by atoms with Gasteiger partial charge in [0, 0.05) is 10.9 Å². The lowest BCUT2D eigenvalue weighted by molar-refractivity contribution is -0.136. The van der Waals surface area contributed by atoms with Gasteiger partial charge < -0.3 is 5.32 Å². The second kappa shape index (κ2) is 7.87. The number of nitrogens with one attached hydrogen (secondary N) is 1. The zero-order valence-electron chi connectivity index (χ0n) is 16.9. The molecule has 1 aromatic heterocycles. The Labute approximate surface area is 177 Å². The van der Waals surface area contributed by atoms with Crippen molar-refractivity contribution in [2.75, 3.05) is 5.32 Å². The molecule has 0 unspecified atom stereocenters. The molecule has 0 aliphatic rings. The molecule has 0 radical (unpaired) electrons. The minimum Gasteiger partial charge on any atom is -0.321 e. The Morgan fingerprint density at radius 1 is 0.871 bits per heavy atom. The fourth-order valence-electron chi connectivity index (χ4n) is 3.44. The van der Waals surface area contributed by atoms with Crippen molar-refractivity contribution in [1.29, 1.82) is 0 Å². The maximum atomic E-state index is 13.3. The summed E-state index contributed by atoms with van der Waals surface area (Å²) in [5.74, 6) is -0.625. The maximum Gasteiger partial charge on any atom is 0.418 e. The molecular formula is C25H19F3N2O. The summed E-state index contributed by atoms with van der Waals surface area (Å²) >= 11 is 0. The number of alkyl halides is 3. The third-order valence-corrected chi connectivity index (χ3v) is 5.24. The number of rotatable bonds is 3. The molecule has 31 heavy (non-hydrogen) atoms. The Morgan fingerprint density at radius 2 is 1.58 bits per heavy atom. The van der Waals surface area contributed by atoms with E-state index in [2.05, 4.69) is 10.3 Å². The van der Waals surface area contributed by atoms with Crippen LogP contribution in [-0.4, -0.2) is 10.9 Å². The molecule has 0 saturated carbocycles. The predicted octanol–water partition coefficient (Wildman–Crippen LogP) is 6.79. The second-order valence-corrected chi connectivity index (χ2v) is 7.37. The number of hydrogen-bond acceptors (Lipinski definition) is 2. The smallest absolute Gasteiger partial charge is 0.321 e. The molecule has 0 fully saturated rings. The number of benzene rings is 3. The number of para-hydroxylation sites is 2. The Balaban J connectivity index is 1.82. The van der Waals surface area contributed by atoms with Crippen molar-refractivity contribution in [3.63, 3.8) is 0 Å². The Morgan fingerprint density at radius 3 is 2.32 bits per heavy atom. The molecule has 4 aromatic rings. The van der Waals surface area contributed by atoms with Crippen LogP contribution in [0.2, 0.25) is 0 Å². The van der Waals surface area contributed by atoms with Crippen LogP contribution in [0.25, 0.3) is 22.2 Å². The van der Waals surface area contributed by atoms with Crippen LogP contribution in [0.5, 0.6) is 0 Å². The highest BCUT2D eigenvalue weighted by Crippen LogP contribution is 2.35. The minimum atomic E-state index is -4.57. The average molecular weight is 420 g/mol. The van der Waals surface area contributed by atoms with Gasteiger partial charge in [0.05, 0.1) is 28.0 Å². The molecule has 0 aliphatic heterocycles. The lowest BCUT2D eigenvalue weighted by atomic mass is 10.0. The number of anilines is 1. The van der Waals surface area contributed by atoms with Crippen LogP contribution in [0.3, 0.4) is 0 Å². The van der Waals surface area contributed by atoms with Gasteiger partial charge in [-0.25, -0.2) is 4.98 Å². The number of fused-ring (bicyclic) bond motifs is 1. The highest BCUT2D eigenvalue weighted by molar-refractivity contribution is 6.13. The molecule has 4 rings (SSSR count). The van der Waals surface area contributed by atoms with Gasteiger partial charge >= 0.3 is 6.18 Å². The molecule has 0 spiro atoms. The fourth-order valence-corrected chi connectivity index (χ4v) is 3.44. The first-order chi connectivity index (χ1) is 14.7. The zero-order chi connectivity index (χ0) is 22.2. The van der Waals surface area contributed by atoms with Crippen LogP contribution in [0.1, 0.15) is 27.0 Å². The molecule has 0 bridgehead atoms. The van der Waals surface area contributed by atoms with Crippen LogP contribution in [0.15, 0.2) is 72.8 Å². The zero-order valence-corrected chi connectivity index (χ0v) is 16.9. The minimum absolute atomic E-state index is 0.260. The van der Waals surface area contributed by atoms with Crippen LogP contribution in [0, 0.1) is 13.8 Å². The maximum absolute atomic E-state index is 13.3. The molecule has 1 N–H and O–H groups in total. The molecule has 0 atom stereocenters. The number of aryl methyl sites for hydroxylation is 2. The summed E-state index contributed by atoms with van der Waals surface area (Å²) in [6.07, 6.45) is -4.57. The monoisotopic (exact) mass is 420 g/mol. The lowest BCUT2D eigenvalue weighted by Gasteiger charge is -2.15. The largest absolute Gasteiger partial charge is 0.418 e.